The number of nitriles is 1. The van der Waals surface area contributed by atoms with Crippen molar-refractivity contribution in [1.82, 2.24) is 4.98 Å². The maximum absolute atomic E-state index is 8.54. The van der Waals surface area contributed by atoms with Crippen LogP contribution in [0.1, 0.15) is 21.6 Å². The lowest BCUT2D eigenvalue weighted by molar-refractivity contribution is 1.14. The number of hydrogen-bond donors (Lipinski definition) is 0. The van der Waals surface area contributed by atoms with E-state index < -0.39 is 0 Å². The first kappa shape index (κ1) is 8.69. The molecular formula is C7H7BrN2S. The third-order valence-corrected chi connectivity index (χ3v) is 3.40. The van der Waals surface area contributed by atoms with E-state index in [0.717, 1.165) is 11.4 Å². The fourth-order valence-corrected chi connectivity index (χ4v) is 1.84. The van der Waals surface area contributed by atoms with Gasteiger partial charge in [0.2, 0.25) is 0 Å². The summed E-state index contributed by atoms with van der Waals surface area (Å²) in [5.41, 5.74) is 0. The Hall–Kier alpha value is -0.400. The van der Waals surface area contributed by atoms with Crippen molar-refractivity contribution in [3.63, 3.8) is 0 Å². The van der Waals surface area contributed by atoms with Crippen LogP contribution in [0.4, 0.5) is 0 Å². The number of alkyl halides is 1. The summed E-state index contributed by atoms with van der Waals surface area (Å²) in [5, 5.41) is 9.39. The van der Waals surface area contributed by atoms with Crippen LogP contribution in [-0.2, 0) is 6.42 Å². The number of aromatic nitrogens is 1. The number of rotatable bonds is 2. The molecule has 0 aromatic carbocycles. The number of aryl methyl sites for hydroxylation is 1. The minimum Gasteiger partial charge on any atom is -0.247 e. The second-order valence-electron chi connectivity index (χ2n) is 2.01. The highest BCUT2D eigenvalue weighted by molar-refractivity contribution is 9.09. The number of hydrogen-bond acceptors (Lipinski definition) is 3. The topological polar surface area (TPSA) is 36.7 Å². The lowest BCUT2D eigenvalue weighted by atomic mass is 10.4. The molecule has 0 radical (unpaired) electrons. The lowest BCUT2D eigenvalue weighted by Crippen LogP contribution is -1.80. The highest BCUT2D eigenvalue weighted by Gasteiger charge is 2.09. The molecule has 1 aromatic rings. The predicted molar refractivity (Wildman–Crippen MR) is 48.8 cm³/mol. The van der Waals surface area contributed by atoms with E-state index in [-0.39, 0.29) is 4.83 Å². The zero-order valence-corrected chi connectivity index (χ0v) is 8.44. The van der Waals surface area contributed by atoms with E-state index in [0.29, 0.717) is 0 Å². The van der Waals surface area contributed by atoms with Crippen molar-refractivity contribution in [2.45, 2.75) is 18.2 Å². The van der Waals surface area contributed by atoms with Gasteiger partial charge in [-0.15, -0.1) is 11.3 Å². The van der Waals surface area contributed by atoms with Crippen molar-refractivity contribution < 1.29 is 0 Å². The fourth-order valence-electron chi connectivity index (χ4n) is 0.658. The van der Waals surface area contributed by atoms with E-state index in [2.05, 4.69) is 33.9 Å². The molecule has 4 heteroatoms. The summed E-state index contributed by atoms with van der Waals surface area (Å²) < 4.78 is 0. The highest BCUT2D eigenvalue weighted by atomic mass is 79.9. The molecule has 0 aliphatic rings. The first-order chi connectivity index (χ1) is 5.27. The Bertz CT molecular complexity index is 276. The smallest absolute Gasteiger partial charge is 0.153 e. The molecule has 0 aliphatic heterocycles. The van der Waals surface area contributed by atoms with Crippen LogP contribution in [0.25, 0.3) is 0 Å². The van der Waals surface area contributed by atoms with Crippen LogP contribution in [0.15, 0.2) is 6.20 Å². The monoisotopic (exact) mass is 230 g/mol. The maximum atomic E-state index is 8.54. The van der Waals surface area contributed by atoms with Crippen LogP contribution in [0.5, 0.6) is 0 Å². The Morgan fingerprint density at radius 3 is 3.09 bits per heavy atom. The molecular weight excluding hydrogens is 224 g/mol. The van der Waals surface area contributed by atoms with Gasteiger partial charge in [-0.3, -0.25) is 0 Å². The summed E-state index contributed by atoms with van der Waals surface area (Å²) >= 11 is 4.80. The molecule has 0 bridgehead atoms. The molecule has 0 N–H and O–H groups in total. The van der Waals surface area contributed by atoms with Crippen molar-refractivity contribution in [3.05, 3.63) is 16.1 Å². The minimum atomic E-state index is -0.243. The van der Waals surface area contributed by atoms with Gasteiger partial charge in [-0.2, -0.15) is 5.26 Å². The summed E-state index contributed by atoms with van der Waals surface area (Å²) in [6, 6.07) is 2.08. The Kier molecular flexibility index (Phi) is 3.03. The van der Waals surface area contributed by atoms with Crippen molar-refractivity contribution in [1.29, 1.82) is 5.26 Å². The van der Waals surface area contributed by atoms with Crippen LogP contribution in [0, 0.1) is 11.3 Å². The molecule has 0 fully saturated rings. The van der Waals surface area contributed by atoms with Gasteiger partial charge in [0, 0.05) is 11.1 Å². The Morgan fingerprint density at radius 2 is 2.64 bits per heavy atom. The van der Waals surface area contributed by atoms with Gasteiger partial charge in [0.15, 0.2) is 4.83 Å². The largest absolute Gasteiger partial charge is 0.247 e. The highest BCUT2D eigenvalue weighted by Crippen LogP contribution is 2.26. The van der Waals surface area contributed by atoms with Gasteiger partial charge in [-0.1, -0.05) is 22.9 Å². The molecule has 11 heavy (non-hydrogen) atoms. The molecule has 2 nitrogen and oxygen atoms in total. The predicted octanol–water partition coefficient (Wildman–Crippen LogP) is 2.67. The molecule has 1 unspecified atom stereocenters. The SMILES string of the molecule is CCc1cnc(C(Br)C#N)s1. The maximum Gasteiger partial charge on any atom is 0.153 e. The first-order valence-electron chi connectivity index (χ1n) is 3.26. The van der Waals surface area contributed by atoms with E-state index in [1.165, 1.54) is 4.88 Å². The van der Waals surface area contributed by atoms with E-state index in [4.69, 9.17) is 5.26 Å². The Morgan fingerprint density at radius 1 is 1.91 bits per heavy atom. The summed E-state index contributed by atoms with van der Waals surface area (Å²) in [6.45, 7) is 2.08. The number of halogens is 1. The van der Waals surface area contributed by atoms with Gasteiger partial charge in [0.05, 0.1) is 6.07 Å². The molecule has 0 aliphatic carbocycles. The van der Waals surface area contributed by atoms with Crippen LogP contribution < -0.4 is 0 Å². The van der Waals surface area contributed by atoms with Gasteiger partial charge in [-0.25, -0.2) is 4.98 Å². The molecule has 1 rings (SSSR count). The van der Waals surface area contributed by atoms with Crippen LogP contribution in [0.2, 0.25) is 0 Å². The van der Waals surface area contributed by atoms with Crippen molar-refractivity contribution >= 4 is 27.3 Å². The van der Waals surface area contributed by atoms with E-state index in [1.807, 2.05) is 6.20 Å². The van der Waals surface area contributed by atoms with Gasteiger partial charge in [-0.05, 0) is 6.42 Å². The fraction of sp³-hybridized carbons (Fsp3) is 0.429. The molecule has 1 atom stereocenters. The molecule has 1 heterocycles. The molecule has 0 amide bonds. The normalized spacial score (nSPS) is 12.5. The summed E-state index contributed by atoms with van der Waals surface area (Å²) in [7, 11) is 0. The summed E-state index contributed by atoms with van der Waals surface area (Å²) in [4.78, 5) is 5.09. The Labute approximate surface area is 78.0 Å². The zero-order valence-electron chi connectivity index (χ0n) is 6.04. The van der Waals surface area contributed by atoms with Crippen LogP contribution >= 0.6 is 27.3 Å². The van der Waals surface area contributed by atoms with E-state index in [1.54, 1.807) is 11.3 Å². The average Bonchev–Trinajstić information content (AvgIpc) is 2.50. The molecule has 0 saturated heterocycles. The summed E-state index contributed by atoms with van der Waals surface area (Å²) in [6.07, 6.45) is 2.81. The first-order valence-corrected chi connectivity index (χ1v) is 4.99. The van der Waals surface area contributed by atoms with Gasteiger partial charge < -0.3 is 0 Å². The molecule has 58 valence electrons. The van der Waals surface area contributed by atoms with Crippen molar-refractivity contribution in [2.24, 2.45) is 0 Å². The van der Waals surface area contributed by atoms with Crippen molar-refractivity contribution in [3.8, 4) is 6.07 Å². The average molecular weight is 231 g/mol. The second-order valence-corrected chi connectivity index (χ2v) is 4.07. The van der Waals surface area contributed by atoms with Crippen LogP contribution in [0.3, 0.4) is 0 Å². The number of thiazole rings is 1. The van der Waals surface area contributed by atoms with E-state index >= 15 is 0 Å². The Balaban J connectivity index is 2.82. The summed E-state index contributed by atoms with van der Waals surface area (Å²) in [5.74, 6) is 0. The molecule has 1 aromatic heterocycles. The van der Waals surface area contributed by atoms with Gasteiger partial charge in [0.25, 0.3) is 0 Å². The zero-order chi connectivity index (χ0) is 8.27. The van der Waals surface area contributed by atoms with E-state index in [9.17, 15) is 0 Å². The third kappa shape index (κ3) is 2.01. The minimum absolute atomic E-state index is 0.243. The van der Waals surface area contributed by atoms with Crippen LogP contribution in [-0.4, -0.2) is 4.98 Å². The quantitative estimate of drug-likeness (QED) is 0.733. The van der Waals surface area contributed by atoms with Crippen molar-refractivity contribution in [2.75, 3.05) is 0 Å². The lowest BCUT2D eigenvalue weighted by Gasteiger charge is -1.90. The standard InChI is InChI=1S/C7H7BrN2S/c1-2-5-4-10-7(11-5)6(8)3-9/h4,6H,2H2,1H3. The number of nitrogens with zero attached hydrogens (tertiary/aromatic N) is 2. The third-order valence-electron chi connectivity index (χ3n) is 1.25. The second kappa shape index (κ2) is 3.84. The van der Waals surface area contributed by atoms with Gasteiger partial charge in [0.1, 0.15) is 5.01 Å². The molecule has 0 spiro atoms. The molecule has 0 saturated carbocycles. The van der Waals surface area contributed by atoms with Gasteiger partial charge >= 0.3 is 0 Å².